The van der Waals surface area contributed by atoms with Crippen LogP contribution in [0, 0.1) is 17.8 Å². The summed E-state index contributed by atoms with van der Waals surface area (Å²) in [5, 5.41) is 22.5. The van der Waals surface area contributed by atoms with Gasteiger partial charge in [-0.3, -0.25) is 4.90 Å². The van der Waals surface area contributed by atoms with E-state index in [1.807, 2.05) is 36.5 Å². The van der Waals surface area contributed by atoms with E-state index in [1.54, 1.807) is 6.20 Å². The largest absolute Gasteiger partial charge is 0.394 e. The molecule has 1 unspecified atom stereocenters. The molecule has 1 saturated heterocycles. The van der Waals surface area contributed by atoms with Crippen LogP contribution in [-0.4, -0.2) is 62.2 Å². The van der Waals surface area contributed by atoms with E-state index in [0.29, 0.717) is 19.0 Å². The Bertz CT molecular complexity index is 1020. The number of hydrogen-bond acceptors (Lipinski definition) is 6. The van der Waals surface area contributed by atoms with E-state index >= 15 is 0 Å². The molecule has 0 amide bonds. The van der Waals surface area contributed by atoms with Gasteiger partial charge >= 0.3 is 0 Å². The molecule has 7 heteroatoms. The van der Waals surface area contributed by atoms with Crippen molar-refractivity contribution < 1.29 is 14.7 Å². The fraction of sp³-hybridized carbons (Fsp3) is 0.391. The van der Waals surface area contributed by atoms with Gasteiger partial charge in [-0.2, -0.15) is 0 Å². The maximum Gasteiger partial charge on any atom is 0.167 e. The van der Waals surface area contributed by atoms with Crippen LogP contribution < -0.4 is 0 Å². The molecule has 7 nitrogen and oxygen atoms in total. The molecule has 1 aliphatic heterocycles. The van der Waals surface area contributed by atoms with Crippen LogP contribution in [0.25, 0.3) is 11.3 Å². The molecule has 3 heterocycles. The Morgan fingerprint density at radius 1 is 1.27 bits per heavy atom. The Kier molecular flexibility index (Phi) is 6.29. The van der Waals surface area contributed by atoms with Crippen molar-refractivity contribution in [2.75, 3.05) is 26.2 Å². The smallest absolute Gasteiger partial charge is 0.167 e. The van der Waals surface area contributed by atoms with E-state index in [2.05, 4.69) is 38.4 Å². The first kappa shape index (κ1) is 20.4. The summed E-state index contributed by atoms with van der Waals surface area (Å²) in [6.45, 7) is 4.70. The van der Waals surface area contributed by atoms with Crippen molar-refractivity contribution in [2.24, 2.45) is 5.92 Å². The first-order valence-corrected chi connectivity index (χ1v) is 10.2. The zero-order chi connectivity index (χ0) is 20.9. The molecule has 0 bridgehead atoms. The highest BCUT2D eigenvalue weighted by atomic mass is 16.5. The van der Waals surface area contributed by atoms with Crippen LogP contribution in [0.3, 0.4) is 0 Å². The molecular weight excluding hydrogens is 380 g/mol. The van der Waals surface area contributed by atoms with E-state index in [9.17, 15) is 5.11 Å². The van der Waals surface area contributed by atoms with Crippen molar-refractivity contribution in [1.29, 1.82) is 0 Å². The minimum Gasteiger partial charge on any atom is -0.394 e. The van der Waals surface area contributed by atoms with Gasteiger partial charge in [0.05, 0.1) is 19.3 Å². The second-order valence-corrected chi connectivity index (χ2v) is 7.61. The van der Waals surface area contributed by atoms with Gasteiger partial charge in [-0.25, -0.2) is 4.98 Å². The fourth-order valence-electron chi connectivity index (χ4n) is 3.56. The summed E-state index contributed by atoms with van der Waals surface area (Å²) < 4.78 is 7.60. The number of aliphatic hydroxyl groups is 2. The highest BCUT2D eigenvalue weighted by Gasteiger charge is 2.26. The second kappa shape index (κ2) is 9.26. The minimum atomic E-state index is -0.670. The summed E-state index contributed by atoms with van der Waals surface area (Å²) >= 11 is 0. The molecule has 3 aromatic rings. The van der Waals surface area contributed by atoms with Gasteiger partial charge in [0.1, 0.15) is 11.5 Å². The number of likely N-dealkylation sites (tertiary alicyclic amines) is 1. The number of aliphatic hydroxyl groups excluding tert-OH is 2. The van der Waals surface area contributed by atoms with E-state index in [-0.39, 0.29) is 6.61 Å². The first-order chi connectivity index (χ1) is 14.6. The third kappa shape index (κ3) is 4.79. The quantitative estimate of drug-likeness (QED) is 0.582. The Labute approximate surface area is 176 Å². The standard InChI is InChI=1S/C23H26N4O3/c1-2-23-24-9-10-27(23)14-20-11-22(30-25-20)19-7-5-17(6-8-19)3-4-18-12-26(13-18)15-21(29)16-28/h5-11,18,21,28-29H,2,12-16H2,1H3. The van der Waals surface area contributed by atoms with E-state index in [4.69, 9.17) is 9.63 Å². The van der Waals surface area contributed by atoms with Crippen LogP contribution in [0.1, 0.15) is 24.0 Å². The summed E-state index contributed by atoms with van der Waals surface area (Å²) in [5.41, 5.74) is 2.79. The lowest BCUT2D eigenvalue weighted by molar-refractivity contribution is 0.0269. The summed E-state index contributed by atoms with van der Waals surface area (Å²) in [6, 6.07) is 9.92. The highest BCUT2D eigenvalue weighted by Crippen LogP contribution is 2.22. The Morgan fingerprint density at radius 3 is 2.80 bits per heavy atom. The molecule has 1 aliphatic rings. The van der Waals surface area contributed by atoms with Crippen LogP contribution in [0.5, 0.6) is 0 Å². The summed E-state index contributed by atoms with van der Waals surface area (Å²) in [5.74, 6) is 8.56. The molecular formula is C23H26N4O3. The van der Waals surface area contributed by atoms with Crippen LogP contribution in [0.2, 0.25) is 0 Å². The number of imidazole rings is 1. The third-order valence-corrected chi connectivity index (χ3v) is 5.24. The molecule has 2 N–H and O–H groups in total. The molecule has 156 valence electrons. The van der Waals surface area contributed by atoms with Crippen molar-refractivity contribution in [3.63, 3.8) is 0 Å². The van der Waals surface area contributed by atoms with Gasteiger partial charge in [0.2, 0.25) is 0 Å². The van der Waals surface area contributed by atoms with Gasteiger partial charge in [0.25, 0.3) is 0 Å². The maximum absolute atomic E-state index is 9.45. The number of β-amino-alcohol motifs (C(OH)–C–C–N with tert-alkyl or cyclic N) is 1. The van der Waals surface area contributed by atoms with Gasteiger partial charge in [-0.15, -0.1) is 0 Å². The molecule has 1 aromatic carbocycles. The monoisotopic (exact) mass is 406 g/mol. The lowest BCUT2D eigenvalue weighted by atomic mass is 9.99. The Morgan fingerprint density at radius 2 is 2.07 bits per heavy atom. The topological polar surface area (TPSA) is 87.6 Å². The molecule has 1 fully saturated rings. The average Bonchev–Trinajstić information content (AvgIpc) is 3.39. The minimum absolute atomic E-state index is 0.199. The number of aryl methyl sites for hydroxylation is 1. The predicted octanol–water partition coefficient (Wildman–Crippen LogP) is 1.79. The van der Waals surface area contributed by atoms with Gasteiger partial charge in [-0.1, -0.05) is 23.9 Å². The zero-order valence-corrected chi connectivity index (χ0v) is 17.0. The fourth-order valence-corrected chi connectivity index (χ4v) is 3.56. The van der Waals surface area contributed by atoms with Crippen LogP contribution >= 0.6 is 0 Å². The second-order valence-electron chi connectivity index (χ2n) is 7.61. The summed E-state index contributed by atoms with van der Waals surface area (Å²) in [7, 11) is 0. The van der Waals surface area contributed by atoms with E-state index in [0.717, 1.165) is 47.9 Å². The molecule has 0 aliphatic carbocycles. The molecule has 30 heavy (non-hydrogen) atoms. The molecule has 0 radical (unpaired) electrons. The van der Waals surface area contributed by atoms with Gasteiger partial charge in [0.15, 0.2) is 5.76 Å². The molecule has 1 atom stereocenters. The molecule has 0 spiro atoms. The number of nitrogens with zero attached hydrogens (tertiary/aromatic N) is 4. The average molecular weight is 406 g/mol. The van der Waals surface area contributed by atoms with Crippen LogP contribution in [0.4, 0.5) is 0 Å². The number of aromatic nitrogens is 3. The van der Waals surface area contributed by atoms with Crippen molar-refractivity contribution >= 4 is 0 Å². The Hall–Kier alpha value is -2.92. The zero-order valence-electron chi connectivity index (χ0n) is 17.0. The third-order valence-electron chi connectivity index (χ3n) is 5.24. The van der Waals surface area contributed by atoms with Gasteiger partial charge in [-0.05, 0) is 24.3 Å². The molecule has 2 aromatic heterocycles. The maximum atomic E-state index is 9.45. The van der Waals surface area contributed by atoms with Crippen molar-refractivity contribution in [2.45, 2.75) is 26.0 Å². The summed E-state index contributed by atoms with van der Waals surface area (Å²) in [4.78, 5) is 6.43. The van der Waals surface area contributed by atoms with Gasteiger partial charge < -0.3 is 19.3 Å². The number of rotatable bonds is 7. The van der Waals surface area contributed by atoms with E-state index in [1.165, 1.54) is 0 Å². The Balaban J connectivity index is 1.33. The van der Waals surface area contributed by atoms with Gasteiger partial charge in [0, 0.05) is 61.6 Å². The van der Waals surface area contributed by atoms with Crippen LogP contribution in [-0.2, 0) is 13.0 Å². The molecule has 0 saturated carbocycles. The van der Waals surface area contributed by atoms with Crippen molar-refractivity contribution in [3.05, 3.63) is 59.8 Å². The predicted molar refractivity (Wildman–Crippen MR) is 113 cm³/mol. The highest BCUT2D eigenvalue weighted by molar-refractivity contribution is 5.59. The van der Waals surface area contributed by atoms with E-state index < -0.39 is 6.10 Å². The lowest BCUT2D eigenvalue weighted by Gasteiger charge is -2.37. The lowest BCUT2D eigenvalue weighted by Crippen LogP contribution is -2.49. The van der Waals surface area contributed by atoms with Crippen LogP contribution in [0.15, 0.2) is 47.2 Å². The van der Waals surface area contributed by atoms with Crippen molar-refractivity contribution in [3.8, 4) is 23.2 Å². The molecule has 4 rings (SSSR count). The SMILES string of the molecule is CCc1nccn1Cc1cc(-c2ccc(C#CC3CN(CC(O)CO)C3)cc2)on1. The first-order valence-electron chi connectivity index (χ1n) is 10.2. The normalized spacial score (nSPS) is 15.4. The van der Waals surface area contributed by atoms with Crippen molar-refractivity contribution in [1.82, 2.24) is 19.6 Å². The number of benzene rings is 1. The number of hydrogen-bond donors (Lipinski definition) is 2. The summed E-state index contributed by atoms with van der Waals surface area (Å²) in [6.07, 6.45) is 3.97.